The summed E-state index contributed by atoms with van der Waals surface area (Å²) in [5.74, 6) is 0.00505. The summed E-state index contributed by atoms with van der Waals surface area (Å²) in [4.78, 5) is 18.5. The van der Waals surface area contributed by atoms with E-state index in [0.717, 1.165) is 18.0 Å². The van der Waals surface area contributed by atoms with Crippen molar-refractivity contribution in [1.82, 2.24) is 9.88 Å². The van der Waals surface area contributed by atoms with Crippen LogP contribution in [0.4, 0.5) is 0 Å². The Bertz CT molecular complexity index is 614. The molecule has 0 unspecified atom stereocenters. The van der Waals surface area contributed by atoms with Crippen molar-refractivity contribution in [3.63, 3.8) is 0 Å². The van der Waals surface area contributed by atoms with Gasteiger partial charge in [-0.2, -0.15) is 0 Å². The summed E-state index contributed by atoms with van der Waals surface area (Å²) >= 11 is 1.44. The lowest BCUT2D eigenvalue weighted by Crippen LogP contribution is -2.36. The third-order valence-electron chi connectivity index (χ3n) is 3.36. The van der Waals surface area contributed by atoms with Crippen LogP contribution in [0.5, 0.6) is 0 Å². The molecule has 0 atom stereocenters. The fourth-order valence-electron chi connectivity index (χ4n) is 2.33. The number of nitrogens with zero attached hydrogens (tertiary/aromatic N) is 2. The van der Waals surface area contributed by atoms with Crippen molar-refractivity contribution in [3.05, 3.63) is 51.5 Å². The molecule has 1 aliphatic heterocycles. The predicted molar refractivity (Wildman–Crippen MR) is 82.1 cm³/mol. The zero-order chi connectivity index (χ0) is 13.2. The normalized spacial score (nSPS) is 13.6. The third-order valence-corrected chi connectivity index (χ3v) is 4.23. The number of nitrogens with two attached hydrogens (primary N) is 1. The maximum absolute atomic E-state index is 12.4. The molecule has 3 rings (SSSR count). The number of hydrogen-bond donors (Lipinski definition) is 1. The highest BCUT2D eigenvalue weighted by atomic mass is 35.5. The topological polar surface area (TPSA) is 59.2 Å². The van der Waals surface area contributed by atoms with Gasteiger partial charge in [0.25, 0.3) is 5.91 Å². The van der Waals surface area contributed by atoms with Crippen LogP contribution in [0.25, 0.3) is 0 Å². The van der Waals surface area contributed by atoms with Gasteiger partial charge in [-0.25, -0.2) is 4.98 Å². The summed E-state index contributed by atoms with van der Waals surface area (Å²) in [6.07, 6.45) is 0.912. The third kappa shape index (κ3) is 2.85. The van der Waals surface area contributed by atoms with Crippen LogP contribution < -0.4 is 5.73 Å². The first kappa shape index (κ1) is 15.0. The first-order valence-electron chi connectivity index (χ1n) is 6.28. The van der Waals surface area contributed by atoms with Gasteiger partial charge in [-0.05, 0) is 17.5 Å². The molecule has 2 heterocycles. The molecule has 0 saturated carbocycles. The molecule has 20 heavy (non-hydrogen) atoms. The number of hydrogen-bond acceptors (Lipinski definition) is 4. The summed E-state index contributed by atoms with van der Waals surface area (Å²) in [5, 5.41) is 2.60. The number of amides is 1. The molecule has 2 N–H and O–H groups in total. The summed E-state index contributed by atoms with van der Waals surface area (Å²) in [5.41, 5.74) is 8.62. The van der Waals surface area contributed by atoms with Crippen LogP contribution in [-0.2, 0) is 19.5 Å². The molecule has 2 aromatic rings. The molecule has 4 nitrogen and oxygen atoms in total. The summed E-state index contributed by atoms with van der Waals surface area (Å²) in [7, 11) is 0. The zero-order valence-corrected chi connectivity index (χ0v) is 12.5. The molecule has 1 aromatic heterocycles. The number of aromatic nitrogens is 1. The minimum atomic E-state index is 0. The Morgan fingerprint density at radius 1 is 1.35 bits per heavy atom. The van der Waals surface area contributed by atoms with E-state index in [4.69, 9.17) is 5.73 Å². The molecule has 1 amide bonds. The lowest BCUT2D eigenvalue weighted by Gasteiger charge is -2.28. The Balaban J connectivity index is 0.00000147. The number of fused-ring (bicyclic) bond motifs is 1. The van der Waals surface area contributed by atoms with Crippen LogP contribution in [0.15, 0.2) is 29.6 Å². The van der Waals surface area contributed by atoms with Gasteiger partial charge in [0, 0.05) is 25.0 Å². The minimum Gasteiger partial charge on any atom is -0.333 e. The van der Waals surface area contributed by atoms with E-state index < -0.39 is 0 Å². The second-order valence-electron chi connectivity index (χ2n) is 4.58. The monoisotopic (exact) mass is 309 g/mol. The molecule has 6 heteroatoms. The second-order valence-corrected chi connectivity index (χ2v) is 5.52. The molecular weight excluding hydrogens is 294 g/mol. The average molecular weight is 310 g/mol. The highest BCUT2D eigenvalue weighted by Gasteiger charge is 2.23. The maximum Gasteiger partial charge on any atom is 0.273 e. The molecular formula is C14H16ClN3OS. The molecule has 0 fully saturated rings. The molecule has 0 radical (unpaired) electrons. The van der Waals surface area contributed by atoms with Crippen molar-refractivity contribution in [2.75, 3.05) is 6.54 Å². The molecule has 1 aromatic carbocycles. The lowest BCUT2D eigenvalue weighted by atomic mass is 10.00. The molecule has 0 saturated heterocycles. The van der Waals surface area contributed by atoms with Crippen LogP contribution >= 0.6 is 23.7 Å². The van der Waals surface area contributed by atoms with Gasteiger partial charge in [0.15, 0.2) is 0 Å². The quantitative estimate of drug-likeness (QED) is 0.925. The van der Waals surface area contributed by atoms with Crippen molar-refractivity contribution in [1.29, 1.82) is 0 Å². The van der Waals surface area contributed by atoms with Gasteiger partial charge < -0.3 is 10.6 Å². The van der Waals surface area contributed by atoms with Gasteiger partial charge in [-0.1, -0.05) is 24.3 Å². The van der Waals surface area contributed by atoms with Crippen LogP contribution in [0.1, 0.15) is 26.6 Å². The van der Waals surface area contributed by atoms with E-state index in [1.165, 1.54) is 22.5 Å². The van der Waals surface area contributed by atoms with E-state index in [9.17, 15) is 4.79 Å². The molecule has 0 aliphatic carbocycles. The molecule has 0 spiro atoms. The van der Waals surface area contributed by atoms with Gasteiger partial charge in [0.1, 0.15) is 10.7 Å². The SMILES string of the molecule is Cl.NCc1nc(C(=O)N2CCc3ccccc3C2)cs1. The predicted octanol–water partition coefficient (Wildman–Crippen LogP) is 2.22. The standard InChI is InChI=1S/C14H15N3OS.ClH/c15-7-13-16-12(9-19-13)14(18)17-6-5-10-3-1-2-4-11(10)8-17;/h1-4,9H,5-8,15H2;1H. The van der Waals surface area contributed by atoms with Crippen molar-refractivity contribution in [2.24, 2.45) is 5.73 Å². The summed E-state index contributed by atoms with van der Waals surface area (Å²) < 4.78 is 0. The number of carbonyl (C=O) groups is 1. The number of benzene rings is 1. The smallest absolute Gasteiger partial charge is 0.273 e. The van der Waals surface area contributed by atoms with Crippen molar-refractivity contribution in [3.8, 4) is 0 Å². The molecule has 1 aliphatic rings. The fourth-order valence-corrected chi connectivity index (χ4v) is 2.98. The first-order valence-corrected chi connectivity index (χ1v) is 7.16. The number of carbonyl (C=O) groups excluding carboxylic acids is 1. The van der Waals surface area contributed by atoms with Crippen molar-refractivity contribution < 1.29 is 4.79 Å². The Kier molecular flexibility index (Phi) is 4.75. The average Bonchev–Trinajstić information content (AvgIpc) is 2.95. The van der Waals surface area contributed by atoms with Gasteiger partial charge in [0.2, 0.25) is 0 Å². The van der Waals surface area contributed by atoms with E-state index in [-0.39, 0.29) is 18.3 Å². The summed E-state index contributed by atoms with van der Waals surface area (Å²) in [6, 6.07) is 8.28. The van der Waals surface area contributed by atoms with Gasteiger partial charge in [-0.3, -0.25) is 4.79 Å². The Labute approximate surface area is 128 Å². The Morgan fingerprint density at radius 2 is 2.10 bits per heavy atom. The van der Waals surface area contributed by atoms with E-state index in [2.05, 4.69) is 17.1 Å². The Hall–Kier alpha value is -1.43. The van der Waals surface area contributed by atoms with E-state index in [0.29, 0.717) is 18.8 Å². The van der Waals surface area contributed by atoms with Gasteiger partial charge in [0.05, 0.1) is 0 Å². The van der Waals surface area contributed by atoms with Crippen LogP contribution in [0.3, 0.4) is 0 Å². The van der Waals surface area contributed by atoms with E-state index in [1.807, 2.05) is 17.0 Å². The summed E-state index contributed by atoms with van der Waals surface area (Å²) in [6.45, 7) is 1.82. The van der Waals surface area contributed by atoms with Crippen LogP contribution in [-0.4, -0.2) is 22.3 Å². The lowest BCUT2D eigenvalue weighted by molar-refractivity contribution is 0.0729. The largest absolute Gasteiger partial charge is 0.333 e. The van der Waals surface area contributed by atoms with Crippen LogP contribution in [0.2, 0.25) is 0 Å². The number of rotatable bonds is 2. The van der Waals surface area contributed by atoms with E-state index in [1.54, 1.807) is 5.38 Å². The second kappa shape index (κ2) is 6.35. The Morgan fingerprint density at radius 3 is 2.80 bits per heavy atom. The van der Waals surface area contributed by atoms with Crippen LogP contribution in [0, 0.1) is 0 Å². The van der Waals surface area contributed by atoms with Crippen molar-refractivity contribution in [2.45, 2.75) is 19.5 Å². The minimum absolute atomic E-state index is 0. The highest BCUT2D eigenvalue weighted by molar-refractivity contribution is 7.09. The first-order chi connectivity index (χ1) is 9.28. The van der Waals surface area contributed by atoms with Crippen molar-refractivity contribution >= 4 is 29.7 Å². The van der Waals surface area contributed by atoms with E-state index >= 15 is 0 Å². The highest BCUT2D eigenvalue weighted by Crippen LogP contribution is 2.20. The zero-order valence-electron chi connectivity index (χ0n) is 10.9. The molecule has 0 bridgehead atoms. The van der Waals surface area contributed by atoms with Gasteiger partial charge in [-0.15, -0.1) is 23.7 Å². The number of thiazole rings is 1. The number of halogens is 1. The molecule has 106 valence electrons. The fraction of sp³-hybridized carbons (Fsp3) is 0.286. The maximum atomic E-state index is 12.4. The van der Waals surface area contributed by atoms with Gasteiger partial charge >= 0.3 is 0 Å².